The summed E-state index contributed by atoms with van der Waals surface area (Å²) in [5, 5.41) is -0.156. The largest absolute Gasteiger partial charge is 0.465 e. The molecule has 0 aliphatic rings. The molecule has 0 saturated carbocycles. The van der Waals surface area contributed by atoms with E-state index in [1.807, 2.05) is 6.07 Å². The van der Waals surface area contributed by atoms with E-state index in [2.05, 4.69) is 4.98 Å². The second kappa shape index (κ2) is 11.8. The Kier molecular flexibility index (Phi) is 8.49. The number of rotatable bonds is 8. The minimum absolute atomic E-state index is 0.0119. The van der Waals surface area contributed by atoms with Crippen LogP contribution in [0.2, 0.25) is 5.02 Å². The van der Waals surface area contributed by atoms with Crippen LogP contribution < -0.4 is 21.8 Å². The Morgan fingerprint density at radius 3 is 2.48 bits per heavy atom. The van der Waals surface area contributed by atoms with Gasteiger partial charge in [0.25, 0.3) is 5.56 Å². The average molecular weight is 597 g/mol. The zero-order valence-corrected chi connectivity index (χ0v) is 21.6. The zero-order valence-electron chi connectivity index (χ0n) is 20.0. The second-order valence-electron chi connectivity index (χ2n) is 7.93. The first kappa shape index (κ1) is 28.7. The van der Waals surface area contributed by atoms with Crippen molar-refractivity contribution in [2.75, 3.05) is 12.4 Å². The molecule has 0 aliphatic carbocycles. The van der Waals surface area contributed by atoms with Gasteiger partial charge in [-0.2, -0.15) is 13.2 Å². The Morgan fingerprint density at radius 1 is 1.05 bits per heavy atom. The third-order valence-corrected chi connectivity index (χ3v) is 6.71. The number of hydrogen-bond donors (Lipinski definition) is 1. The van der Waals surface area contributed by atoms with E-state index < -0.39 is 47.2 Å². The van der Waals surface area contributed by atoms with Gasteiger partial charge in [0.2, 0.25) is 5.88 Å². The number of halogens is 5. The van der Waals surface area contributed by atoms with E-state index in [1.54, 1.807) is 30.3 Å². The molecular formula is C25H17ClF4N4O5S. The number of esters is 1. The molecule has 0 atom stereocenters. The number of benzene rings is 2. The molecule has 4 aromatic rings. The first-order valence-electron chi connectivity index (χ1n) is 11.1. The quantitative estimate of drug-likeness (QED) is 0.183. The maximum absolute atomic E-state index is 14.8. The van der Waals surface area contributed by atoms with Gasteiger partial charge >= 0.3 is 17.8 Å². The first-order chi connectivity index (χ1) is 19.0. The van der Waals surface area contributed by atoms with Crippen LogP contribution in [0.3, 0.4) is 0 Å². The predicted molar refractivity (Wildman–Crippen MR) is 137 cm³/mol. The summed E-state index contributed by atoms with van der Waals surface area (Å²) in [4.78, 5) is 41.5. The fourth-order valence-corrected chi connectivity index (χ4v) is 4.53. The van der Waals surface area contributed by atoms with Gasteiger partial charge in [-0.15, -0.1) is 0 Å². The maximum atomic E-state index is 14.8. The number of nitrogen functional groups attached to an aromatic ring is 1. The summed E-state index contributed by atoms with van der Waals surface area (Å²) in [5.74, 6) is 3.40. The smallest absolute Gasteiger partial charge is 0.433 e. The number of ether oxygens (including phenoxy) is 2. The van der Waals surface area contributed by atoms with Gasteiger partial charge < -0.3 is 15.3 Å². The number of aromatic nitrogens is 3. The van der Waals surface area contributed by atoms with Crippen LogP contribution in [0.25, 0.3) is 5.69 Å². The summed E-state index contributed by atoms with van der Waals surface area (Å²) >= 11 is 7.04. The lowest BCUT2D eigenvalue weighted by Crippen LogP contribution is -2.45. The molecule has 2 aromatic heterocycles. The molecule has 0 spiro atoms. The van der Waals surface area contributed by atoms with Gasteiger partial charge in [-0.1, -0.05) is 53.7 Å². The van der Waals surface area contributed by atoms with Gasteiger partial charge in [-0.05, 0) is 29.8 Å². The van der Waals surface area contributed by atoms with Crippen LogP contribution >= 0.6 is 23.4 Å². The molecular weight excluding hydrogens is 580 g/mol. The highest BCUT2D eigenvalue weighted by atomic mass is 35.5. The molecule has 0 unspecified atom stereocenters. The van der Waals surface area contributed by atoms with Crippen molar-refractivity contribution in [3.63, 3.8) is 0 Å². The Morgan fingerprint density at radius 2 is 1.77 bits per heavy atom. The number of carbonyl (C=O) groups excluding carboxylic acids is 1. The highest BCUT2D eigenvalue weighted by molar-refractivity contribution is 7.99. The number of nitrogens with two attached hydrogens (primary N) is 1. The molecule has 0 bridgehead atoms. The van der Waals surface area contributed by atoms with Crippen LogP contribution in [-0.4, -0.2) is 26.8 Å². The van der Waals surface area contributed by atoms with Crippen LogP contribution in [-0.2, 0) is 22.3 Å². The monoisotopic (exact) mass is 596 g/mol. The van der Waals surface area contributed by atoms with Crippen molar-refractivity contribution in [1.29, 1.82) is 0 Å². The van der Waals surface area contributed by atoms with Crippen molar-refractivity contribution in [2.24, 2.45) is 0 Å². The number of hydrogen-bond acceptors (Lipinski definition) is 8. The van der Waals surface area contributed by atoms with E-state index in [1.165, 1.54) is 12.3 Å². The van der Waals surface area contributed by atoms with Gasteiger partial charge in [0.15, 0.2) is 12.3 Å². The normalized spacial score (nSPS) is 11.3. The third-order valence-electron chi connectivity index (χ3n) is 5.20. The number of carbonyl (C=O) groups is 1. The summed E-state index contributed by atoms with van der Waals surface area (Å²) in [6, 6.07) is 13.9. The van der Waals surface area contributed by atoms with Crippen molar-refractivity contribution in [3.05, 3.63) is 110 Å². The second-order valence-corrected chi connectivity index (χ2v) is 9.42. The van der Waals surface area contributed by atoms with E-state index in [-0.39, 0.29) is 37.7 Å². The van der Waals surface area contributed by atoms with Crippen LogP contribution in [0.1, 0.15) is 11.3 Å². The lowest BCUT2D eigenvalue weighted by atomic mass is 10.2. The molecule has 15 heteroatoms. The Hall–Kier alpha value is -4.30. The van der Waals surface area contributed by atoms with Gasteiger partial charge in [0, 0.05) is 17.2 Å². The van der Waals surface area contributed by atoms with Crippen molar-refractivity contribution >= 4 is 29.3 Å². The third kappa shape index (κ3) is 6.46. The molecule has 2 heterocycles. The average Bonchev–Trinajstić information content (AvgIpc) is 2.91. The van der Waals surface area contributed by atoms with E-state index in [9.17, 15) is 31.9 Å². The molecule has 2 N–H and O–H groups in total. The molecule has 0 radical (unpaired) electrons. The van der Waals surface area contributed by atoms with Gasteiger partial charge in [0.05, 0.1) is 15.6 Å². The van der Waals surface area contributed by atoms with E-state index >= 15 is 0 Å². The molecule has 0 fully saturated rings. The number of alkyl halides is 3. The van der Waals surface area contributed by atoms with Crippen LogP contribution in [0, 0.1) is 5.82 Å². The molecule has 0 aliphatic heterocycles. The Balaban J connectivity index is 1.59. The molecule has 9 nitrogen and oxygen atoms in total. The van der Waals surface area contributed by atoms with Crippen molar-refractivity contribution in [2.45, 2.75) is 22.6 Å². The lowest BCUT2D eigenvalue weighted by molar-refractivity contribution is -0.147. The van der Waals surface area contributed by atoms with Crippen LogP contribution in [0.5, 0.6) is 5.88 Å². The summed E-state index contributed by atoms with van der Waals surface area (Å²) in [6.07, 6.45) is -3.71. The molecule has 208 valence electrons. The number of pyridine rings is 1. The molecule has 0 saturated heterocycles. The van der Waals surface area contributed by atoms with Gasteiger partial charge in [-0.25, -0.2) is 28.2 Å². The molecule has 40 heavy (non-hydrogen) atoms. The van der Waals surface area contributed by atoms with Crippen LogP contribution in [0.15, 0.2) is 86.2 Å². The van der Waals surface area contributed by atoms with Crippen molar-refractivity contribution < 1.29 is 31.8 Å². The minimum Gasteiger partial charge on any atom is -0.465 e. The van der Waals surface area contributed by atoms with E-state index in [0.717, 1.165) is 29.5 Å². The zero-order chi connectivity index (χ0) is 29.0. The predicted octanol–water partition coefficient (Wildman–Crippen LogP) is 4.19. The molecule has 0 amide bonds. The summed E-state index contributed by atoms with van der Waals surface area (Å²) in [7, 11) is 0. The van der Waals surface area contributed by atoms with E-state index in [0.29, 0.717) is 4.90 Å². The minimum atomic E-state index is -5.10. The summed E-state index contributed by atoms with van der Waals surface area (Å²) in [6.45, 7) is -0.453. The Labute approximate surface area is 231 Å². The topological polar surface area (TPSA) is 118 Å². The highest BCUT2D eigenvalue weighted by Gasteiger charge is 2.36. The summed E-state index contributed by atoms with van der Waals surface area (Å²) in [5.41, 5.74) is -4.71. The standard InChI is InChI=1S/C25H17ClF4N4O5S/c26-15-9-16(27)17(33-21(35)11-20(25(28,29)30)34(31)24(33)37)10-19(15)40-18-7-4-8-32-23(18)39-13-22(36)38-12-14-5-2-1-3-6-14/h1-11H,12-13,31H2. The first-order valence-corrected chi connectivity index (χ1v) is 12.3. The fraction of sp³-hybridized carbons (Fsp3) is 0.120. The van der Waals surface area contributed by atoms with E-state index in [4.69, 9.17) is 26.9 Å². The summed E-state index contributed by atoms with van der Waals surface area (Å²) < 4.78 is 64.7. The van der Waals surface area contributed by atoms with Crippen molar-refractivity contribution in [3.8, 4) is 11.6 Å². The van der Waals surface area contributed by atoms with Gasteiger partial charge in [-0.3, -0.25) is 4.79 Å². The number of nitrogens with zero attached hydrogens (tertiary/aromatic N) is 3. The maximum Gasteiger partial charge on any atom is 0.433 e. The van der Waals surface area contributed by atoms with Crippen LogP contribution in [0.4, 0.5) is 17.6 Å². The lowest BCUT2D eigenvalue weighted by Gasteiger charge is -2.15. The highest BCUT2D eigenvalue weighted by Crippen LogP contribution is 2.39. The fourth-order valence-electron chi connectivity index (χ4n) is 3.35. The SMILES string of the molecule is Nn1c(C(F)(F)F)cc(=O)n(-c2cc(Sc3cccnc3OCC(=O)OCc3ccccc3)c(Cl)cc2F)c1=O. The Bertz CT molecular complexity index is 1680. The molecule has 2 aromatic carbocycles. The molecule has 4 rings (SSSR count). The van der Waals surface area contributed by atoms with Gasteiger partial charge in [0.1, 0.15) is 12.4 Å². The van der Waals surface area contributed by atoms with Crippen molar-refractivity contribution in [1.82, 2.24) is 14.2 Å².